The van der Waals surface area contributed by atoms with Crippen LogP contribution < -0.4 is 18.9 Å². The van der Waals surface area contributed by atoms with Crippen molar-refractivity contribution < 1.29 is 9.13 Å². The molecule has 1 aliphatic rings. The Kier molecular flexibility index (Phi) is 8.30. The summed E-state index contributed by atoms with van der Waals surface area (Å²) < 4.78 is 4.85. The molecular weight excluding hydrogens is 585 g/mol. The summed E-state index contributed by atoms with van der Waals surface area (Å²) in [6.45, 7) is 5.24. The van der Waals surface area contributed by atoms with Crippen LogP contribution >= 0.6 is 0 Å². The van der Waals surface area contributed by atoms with E-state index >= 15 is 0 Å². The molecule has 0 fully saturated rings. The maximum Gasteiger partial charge on any atom is 0.213 e. The highest BCUT2D eigenvalue weighted by Crippen LogP contribution is 2.51. The number of hydrogen-bond acceptors (Lipinski definition) is 2. The van der Waals surface area contributed by atoms with Gasteiger partial charge in [0.25, 0.3) is 0 Å². The van der Waals surface area contributed by atoms with Crippen molar-refractivity contribution in [3.05, 3.63) is 152 Å². The molecule has 1 aliphatic heterocycles. The van der Waals surface area contributed by atoms with Crippen LogP contribution in [0.2, 0.25) is 0 Å². The van der Waals surface area contributed by atoms with Gasteiger partial charge in [0.1, 0.15) is 13.1 Å². The summed E-state index contributed by atoms with van der Waals surface area (Å²) in [4.78, 5) is 4.91. The Labute approximate surface area is 283 Å². The van der Waals surface area contributed by atoms with E-state index in [4.69, 9.17) is 0 Å². The van der Waals surface area contributed by atoms with Crippen molar-refractivity contribution in [1.29, 1.82) is 0 Å². The molecule has 4 heteroatoms. The number of nitrogens with zero attached hydrogens (tertiary/aromatic N) is 4. The lowest BCUT2D eigenvalue weighted by Crippen LogP contribution is -2.35. The molecule has 236 valence electrons. The van der Waals surface area contributed by atoms with Crippen molar-refractivity contribution >= 4 is 50.2 Å². The maximum absolute atomic E-state index is 2.52. The largest absolute Gasteiger partial charge is 0.338 e. The van der Waals surface area contributed by atoms with Gasteiger partial charge in [-0.3, -0.25) is 0 Å². The predicted molar refractivity (Wildman–Crippen MR) is 200 cm³/mol. The summed E-state index contributed by atoms with van der Waals surface area (Å²) in [6.07, 6.45) is 9.12. The molecule has 0 unspecified atom stereocenters. The maximum atomic E-state index is 2.52. The minimum atomic E-state index is 0.960. The lowest BCUT2D eigenvalue weighted by molar-refractivity contribution is -0.672. The summed E-state index contributed by atoms with van der Waals surface area (Å²) in [6, 6.07) is 50.8. The first-order valence-electron chi connectivity index (χ1n) is 17.5. The average Bonchev–Trinajstić information content (AvgIpc) is 3.15. The van der Waals surface area contributed by atoms with E-state index in [-0.39, 0.29) is 0 Å². The molecule has 0 saturated carbocycles. The lowest BCUT2D eigenvalue weighted by atomic mass is 9.97. The molecule has 0 spiro atoms. The van der Waals surface area contributed by atoms with E-state index in [1.807, 2.05) is 0 Å². The molecule has 3 heterocycles. The highest BCUT2D eigenvalue weighted by molar-refractivity contribution is 6.02. The van der Waals surface area contributed by atoms with Crippen LogP contribution in [0.15, 0.2) is 152 Å². The second-order valence-corrected chi connectivity index (χ2v) is 12.7. The smallest absolute Gasteiger partial charge is 0.213 e. The van der Waals surface area contributed by atoms with Crippen LogP contribution in [0, 0.1) is 0 Å². The van der Waals surface area contributed by atoms with Crippen LogP contribution in [-0.2, 0) is 13.1 Å². The first-order chi connectivity index (χ1) is 23.8. The number of aryl methyl sites for hydroxylation is 2. The first-order valence-corrected chi connectivity index (χ1v) is 17.5. The Morgan fingerprint density at radius 3 is 1.50 bits per heavy atom. The molecule has 0 bridgehead atoms. The normalized spacial score (nSPS) is 12.4. The van der Waals surface area contributed by atoms with Crippen LogP contribution in [0.4, 0.5) is 28.4 Å². The van der Waals surface area contributed by atoms with Crippen LogP contribution in [0.1, 0.15) is 32.6 Å². The van der Waals surface area contributed by atoms with E-state index in [1.165, 1.54) is 74.2 Å². The third kappa shape index (κ3) is 5.47. The summed E-state index contributed by atoms with van der Waals surface area (Å²) in [5, 5.41) is 2.61. The van der Waals surface area contributed by atoms with E-state index in [2.05, 4.69) is 178 Å². The van der Waals surface area contributed by atoms with Crippen molar-refractivity contribution in [2.75, 3.05) is 16.3 Å². The van der Waals surface area contributed by atoms with Gasteiger partial charge in [-0.25, -0.2) is 0 Å². The number of rotatable bonds is 10. The zero-order valence-electron chi connectivity index (χ0n) is 27.7. The fourth-order valence-electron chi connectivity index (χ4n) is 7.43. The number of pyridine rings is 2. The zero-order valence-corrected chi connectivity index (χ0v) is 27.7. The second-order valence-electron chi connectivity index (χ2n) is 12.7. The van der Waals surface area contributed by atoms with Crippen molar-refractivity contribution in [1.82, 2.24) is 0 Å². The van der Waals surface area contributed by atoms with Gasteiger partial charge >= 0.3 is 0 Å². The highest BCUT2D eigenvalue weighted by Gasteiger charge is 2.28. The molecule has 0 N–H and O–H groups in total. The summed E-state index contributed by atoms with van der Waals surface area (Å²) >= 11 is 0. The van der Waals surface area contributed by atoms with Gasteiger partial charge in [0, 0.05) is 60.5 Å². The van der Waals surface area contributed by atoms with Gasteiger partial charge in [-0.1, -0.05) is 80.1 Å². The van der Waals surface area contributed by atoms with Gasteiger partial charge < -0.3 is 9.80 Å². The van der Waals surface area contributed by atoms with Crippen molar-refractivity contribution in [3.63, 3.8) is 0 Å². The molecule has 5 aromatic carbocycles. The topological polar surface area (TPSA) is 14.2 Å². The first kappa shape index (κ1) is 29.9. The quantitative estimate of drug-likeness (QED) is 0.111. The Morgan fingerprint density at radius 1 is 0.458 bits per heavy atom. The minimum absolute atomic E-state index is 0.960. The number of benzene rings is 5. The van der Waals surface area contributed by atoms with E-state index in [0.29, 0.717) is 0 Å². The molecule has 0 radical (unpaired) electrons. The van der Waals surface area contributed by atoms with E-state index in [9.17, 15) is 0 Å². The molecule has 48 heavy (non-hydrogen) atoms. The zero-order chi connectivity index (χ0) is 32.3. The number of para-hydroxylation sites is 7. The van der Waals surface area contributed by atoms with Gasteiger partial charge in [0.05, 0.1) is 33.5 Å². The molecule has 0 aliphatic carbocycles. The Balaban J connectivity index is 1.05. The number of unbranched alkanes of at least 4 members (excludes halogenated alkanes) is 2. The van der Waals surface area contributed by atoms with Crippen LogP contribution in [0.25, 0.3) is 32.9 Å². The Morgan fingerprint density at radius 2 is 0.938 bits per heavy atom. The number of aromatic nitrogens is 2. The molecule has 0 saturated heterocycles. The van der Waals surface area contributed by atoms with Gasteiger partial charge in [0.15, 0.2) is 12.4 Å². The third-order valence-corrected chi connectivity index (χ3v) is 9.76. The molecule has 2 aromatic heterocycles. The van der Waals surface area contributed by atoms with Crippen molar-refractivity contribution in [2.45, 2.75) is 45.7 Å². The Bertz CT molecular complexity index is 2160. The average molecular weight is 627 g/mol. The van der Waals surface area contributed by atoms with Gasteiger partial charge in [0.2, 0.25) is 11.0 Å². The summed E-state index contributed by atoms with van der Waals surface area (Å²) in [7, 11) is 0. The van der Waals surface area contributed by atoms with Gasteiger partial charge in [-0.05, 0) is 55.0 Å². The van der Waals surface area contributed by atoms with E-state index < -0.39 is 0 Å². The predicted octanol–water partition coefficient (Wildman–Crippen LogP) is 10.4. The minimum Gasteiger partial charge on any atom is -0.338 e. The molecule has 8 rings (SSSR count). The number of anilines is 5. The highest BCUT2D eigenvalue weighted by atomic mass is 15.3. The molecule has 0 atom stereocenters. The number of fused-ring (bicyclic) bond motifs is 4. The number of hydrogen-bond donors (Lipinski definition) is 0. The van der Waals surface area contributed by atoms with Gasteiger partial charge in [-0.15, -0.1) is 0 Å². The standard InChI is InChI=1S/C44H42N4/c1-2-3-29-45-32-27-35(37-19-7-9-21-39(37)45)36-28-33-46(40-22-10-8-20-38(36)40)30-15-16-31-47-41-23-11-13-25-43(41)48(34-17-5-4-6-18-34)44-26-14-12-24-42(44)47/h4-14,17-28,32-33H,2-3,15-16,29-31H2,1H3/q+2. The second kappa shape index (κ2) is 13.3. The van der Waals surface area contributed by atoms with Crippen molar-refractivity contribution in [3.8, 4) is 11.1 Å². The molecule has 7 aromatic rings. The molecule has 4 nitrogen and oxygen atoms in total. The fourth-order valence-corrected chi connectivity index (χ4v) is 7.43. The van der Waals surface area contributed by atoms with Crippen LogP contribution in [0.3, 0.4) is 0 Å². The SMILES string of the molecule is CCCC[n+]1ccc(-c2cc[n+](CCCCN3c4ccccc4N(c4ccccc4)c4ccccc43)c3ccccc23)c2ccccc21. The van der Waals surface area contributed by atoms with Gasteiger partial charge in [-0.2, -0.15) is 9.13 Å². The summed E-state index contributed by atoms with van der Waals surface area (Å²) in [5.41, 5.74) is 11.3. The molecule has 0 amide bonds. The lowest BCUT2D eigenvalue weighted by Gasteiger charge is -2.40. The fraction of sp³-hybridized carbons (Fsp3) is 0.182. The Hall–Kier alpha value is -5.48. The van der Waals surface area contributed by atoms with E-state index in [0.717, 1.165) is 32.5 Å². The summed E-state index contributed by atoms with van der Waals surface area (Å²) in [5.74, 6) is 0. The third-order valence-electron chi connectivity index (χ3n) is 9.76. The van der Waals surface area contributed by atoms with Crippen LogP contribution in [0.5, 0.6) is 0 Å². The van der Waals surface area contributed by atoms with Crippen LogP contribution in [-0.4, -0.2) is 6.54 Å². The van der Waals surface area contributed by atoms with Crippen molar-refractivity contribution in [2.24, 2.45) is 0 Å². The molecular formula is C44H42N4+2. The monoisotopic (exact) mass is 626 g/mol. The van der Waals surface area contributed by atoms with E-state index in [1.54, 1.807) is 0 Å².